The van der Waals surface area contributed by atoms with E-state index in [1.807, 2.05) is 0 Å². The Hall–Kier alpha value is -1.39. The Morgan fingerprint density at radius 3 is 2.64 bits per heavy atom. The van der Waals surface area contributed by atoms with Gasteiger partial charge in [-0.05, 0) is 13.0 Å². The third-order valence-corrected chi connectivity index (χ3v) is 1.45. The summed E-state index contributed by atoms with van der Waals surface area (Å²) in [5.74, 6) is 0. The molecule has 0 radical (unpaired) electrons. The molecule has 76 valence electrons. The van der Waals surface area contributed by atoms with Crippen LogP contribution >= 0.6 is 0 Å². The number of aryl methyl sites for hydroxylation is 1. The van der Waals surface area contributed by atoms with Gasteiger partial charge < -0.3 is 0 Å². The molecule has 0 fully saturated rings. The fourth-order valence-corrected chi connectivity index (χ4v) is 0.810. The molecule has 1 heterocycles. The molecule has 0 aliphatic carbocycles. The molecule has 0 saturated heterocycles. The first-order valence-electron chi connectivity index (χ1n) is 3.96. The van der Waals surface area contributed by atoms with Gasteiger partial charge in [0.15, 0.2) is 0 Å². The zero-order chi connectivity index (χ0) is 10.6. The summed E-state index contributed by atoms with van der Waals surface area (Å²) in [4.78, 5) is 7.17. The molecule has 0 spiro atoms. The Morgan fingerprint density at radius 1 is 1.43 bits per heavy atom. The molecule has 0 aliphatic rings. The number of aromatic nitrogens is 1. The van der Waals surface area contributed by atoms with E-state index in [4.69, 9.17) is 0 Å². The number of pyridine rings is 1. The van der Waals surface area contributed by atoms with Crippen LogP contribution in [0.3, 0.4) is 0 Å². The molecule has 2 nitrogen and oxygen atoms in total. The van der Waals surface area contributed by atoms with Gasteiger partial charge in [0.25, 0.3) is 0 Å². The molecule has 0 aromatic carbocycles. The van der Waals surface area contributed by atoms with Crippen LogP contribution in [0.15, 0.2) is 23.3 Å². The van der Waals surface area contributed by atoms with Crippen LogP contribution in [-0.2, 0) is 0 Å². The number of aliphatic imine (C=N–C) groups is 1. The van der Waals surface area contributed by atoms with Crippen LogP contribution in [-0.4, -0.2) is 23.9 Å². The van der Waals surface area contributed by atoms with Crippen molar-refractivity contribution in [2.45, 2.75) is 13.1 Å². The molecular formula is C9H9F3N2. The predicted molar refractivity (Wildman–Crippen MR) is 47.5 cm³/mol. The van der Waals surface area contributed by atoms with E-state index in [-0.39, 0.29) is 0 Å². The second kappa shape index (κ2) is 4.21. The summed E-state index contributed by atoms with van der Waals surface area (Å²) in [6.07, 6.45) is -1.59. The van der Waals surface area contributed by atoms with Crippen LogP contribution in [0.2, 0.25) is 0 Å². The molecule has 0 N–H and O–H groups in total. The SMILES string of the molecule is Cc1ccc(C=NCC(F)(F)F)cn1. The Labute approximate surface area is 79.5 Å². The van der Waals surface area contributed by atoms with Gasteiger partial charge in [-0.2, -0.15) is 13.2 Å². The highest BCUT2D eigenvalue weighted by Crippen LogP contribution is 2.14. The van der Waals surface area contributed by atoms with Crippen molar-refractivity contribution >= 4 is 6.21 Å². The van der Waals surface area contributed by atoms with E-state index >= 15 is 0 Å². The van der Waals surface area contributed by atoms with Crippen molar-refractivity contribution in [3.63, 3.8) is 0 Å². The van der Waals surface area contributed by atoms with Crippen LogP contribution in [0.1, 0.15) is 11.3 Å². The molecule has 0 aliphatic heterocycles. The summed E-state index contributed by atoms with van der Waals surface area (Å²) in [7, 11) is 0. The molecule has 0 saturated carbocycles. The second-order valence-electron chi connectivity index (χ2n) is 2.82. The number of nitrogens with zero attached hydrogens (tertiary/aromatic N) is 2. The highest BCUT2D eigenvalue weighted by molar-refractivity contribution is 5.78. The minimum atomic E-state index is -4.24. The first kappa shape index (κ1) is 10.7. The fourth-order valence-electron chi connectivity index (χ4n) is 0.810. The summed E-state index contributed by atoms with van der Waals surface area (Å²) >= 11 is 0. The largest absolute Gasteiger partial charge is 0.407 e. The van der Waals surface area contributed by atoms with Crippen LogP contribution in [0.5, 0.6) is 0 Å². The van der Waals surface area contributed by atoms with Crippen LogP contribution in [0.25, 0.3) is 0 Å². The van der Waals surface area contributed by atoms with Crippen LogP contribution in [0.4, 0.5) is 13.2 Å². The highest BCUT2D eigenvalue weighted by atomic mass is 19.4. The van der Waals surface area contributed by atoms with Gasteiger partial charge in [0.1, 0.15) is 6.54 Å². The van der Waals surface area contributed by atoms with Gasteiger partial charge in [-0.25, -0.2) is 0 Å². The van der Waals surface area contributed by atoms with Gasteiger partial charge in [-0.1, -0.05) is 6.07 Å². The Balaban J connectivity index is 2.57. The molecule has 1 rings (SSSR count). The minimum absolute atomic E-state index is 0.569. The van der Waals surface area contributed by atoms with Crippen molar-refractivity contribution in [1.29, 1.82) is 0 Å². The van der Waals surface area contributed by atoms with E-state index in [2.05, 4.69) is 9.98 Å². The first-order valence-corrected chi connectivity index (χ1v) is 3.96. The van der Waals surface area contributed by atoms with E-state index in [1.165, 1.54) is 12.4 Å². The molecule has 14 heavy (non-hydrogen) atoms. The Bertz CT molecular complexity index is 314. The first-order chi connectivity index (χ1) is 6.47. The lowest BCUT2D eigenvalue weighted by molar-refractivity contribution is -0.118. The summed E-state index contributed by atoms with van der Waals surface area (Å²) in [5, 5.41) is 0. The minimum Gasteiger partial charge on any atom is -0.283 e. The van der Waals surface area contributed by atoms with Crippen molar-refractivity contribution in [2.24, 2.45) is 4.99 Å². The maximum Gasteiger partial charge on any atom is 0.407 e. The monoisotopic (exact) mass is 202 g/mol. The lowest BCUT2D eigenvalue weighted by Gasteiger charge is -2.00. The number of hydrogen-bond donors (Lipinski definition) is 0. The van der Waals surface area contributed by atoms with Gasteiger partial charge in [-0.15, -0.1) is 0 Å². The molecule has 0 amide bonds. The summed E-state index contributed by atoms with van der Waals surface area (Å²) in [6, 6.07) is 3.39. The smallest absolute Gasteiger partial charge is 0.283 e. The molecule has 0 bridgehead atoms. The van der Waals surface area contributed by atoms with Crippen molar-refractivity contribution in [3.05, 3.63) is 29.6 Å². The Morgan fingerprint density at radius 2 is 2.14 bits per heavy atom. The maximum atomic E-state index is 11.7. The van der Waals surface area contributed by atoms with Crippen molar-refractivity contribution in [2.75, 3.05) is 6.54 Å². The van der Waals surface area contributed by atoms with Gasteiger partial charge in [-0.3, -0.25) is 9.98 Å². The van der Waals surface area contributed by atoms with Crippen LogP contribution in [0, 0.1) is 6.92 Å². The van der Waals surface area contributed by atoms with Crippen LogP contribution < -0.4 is 0 Å². The van der Waals surface area contributed by atoms with Gasteiger partial charge in [0, 0.05) is 23.7 Å². The standard InChI is InChI=1S/C9H9F3N2/c1-7-2-3-8(5-14-7)4-13-6-9(10,11)12/h2-5H,6H2,1H3. The zero-order valence-corrected chi connectivity index (χ0v) is 7.54. The molecule has 1 aromatic rings. The average molecular weight is 202 g/mol. The van der Waals surface area contributed by atoms with E-state index in [1.54, 1.807) is 19.1 Å². The average Bonchev–Trinajstić information content (AvgIpc) is 2.06. The third kappa shape index (κ3) is 4.02. The molecular weight excluding hydrogens is 193 g/mol. The molecule has 0 atom stereocenters. The molecule has 0 unspecified atom stereocenters. The van der Waals surface area contributed by atoms with Gasteiger partial charge in [0.2, 0.25) is 0 Å². The van der Waals surface area contributed by atoms with E-state index in [0.717, 1.165) is 5.69 Å². The summed E-state index contributed by atoms with van der Waals surface area (Å²) in [5.41, 5.74) is 1.39. The number of halogens is 3. The zero-order valence-electron chi connectivity index (χ0n) is 7.54. The number of hydrogen-bond acceptors (Lipinski definition) is 2. The normalized spacial score (nSPS) is 12.3. The second-order valence-corrected chi connectivity index (χ2v) is 2.82. The maximum absolute atomic E-state index is 11.7. The topological polar surface area (TPSA) is 25.2 Å². The summed E-state index contributed by atoms with van der Waals surface area (Å²) in [6.45, 7) is 0.650. The fraction of sp³-hybridized carbons (Fsp3) is 0.333. The molecule has 5 heteroatoms. The van der Waals surface area contributed by atoms with Gasteiger partial charge >= 0.3 is 6.18 Å². The van der Waals surface area contributed by atoms with Crippen molar-refractivity contribution in [1.82, 2.24) is 4.98 Å². The van der Waals surface area contributed by atoms with Crippen molar-refractivity contribution < 1.29 is 13.2 Å². The Kier molecular flexibility index (Phi) is 3.22. The van der Waals surface area contributed by atoms with E-state index in [0.29, 0.717) is 5.56 Å². The van der Waals surface area contributed by atoms with Gasteiger partial charge in [0.05, 0.1) is 0 Å². The van der Waals surface area contributed by atoms with E-state index < -0.39 is 12.7 Å². The highest BCUT2D eigenvalue weighted by Gasteiger charge is 2.25. The summed E-state index contributed by atoms with van der Waals surface area (Å²) < 4.78 is 35.1. The predicted octanol–water partition coefficient (Wildman–Crippen LogP) is 2.37. The third-order valence-electron chi connectivity index (χ3n) is 1.45. The quantitative estimate of drug-likeness (QED) is 0.676. The lowest BCUT2D eigenvalue weighted by Crippen LogP contribution is -2.11. The van der Waals surface area contributed by atoms with E-state index in [9.17, 15) is 13.2 Å². The molecule has 1 aromatic heterocycles. The number of alkyl halides is 3. The number of rotatable bonds is 2. The lowest BCUT2D eigenvalue weighted by atomic mass is 10.3. The van der Waals surface area contributed by atoms with Crippen molar-refractivity contribution in [3.8, 4) is 0 Å².